The van der Waals surface area contributed by atoms with Gasteiger partial charge in [0, 0.05) is 31.3 Å². The highest BCUT2D eigenvalue weighted by Gasteiger charge is 2.14. The summed E-state index contributed by atoms with van der Waals surface area (Å²) in [6.07, 6.45) is 0.313. The number of nitrogens with one attached hydrogen (secondary N) is 1. The molecular formula is C21H26N2O3. The van der Waals surface area contributed by atoms with E-state index in [4.69, 9.17) is 4.74 Å². The van der Waals surface area contributed by atoms with Crippen LogP contribution in [0.15, 0.2) is 48.5 Å². The molecule has 1 N–H and O–H groups in total. The summed E-state index contributed by atoms with van der Waals surface area (Å²) in [5.74, 6) is 0.529. The van der Waals surface area contributed by atoms with Crippen LogP contribution in [-0.2, 0) is 9.59 Å². The Kier molecular flexibility index (Phi) is 6.78. The summed E-state index contributed by atoms with van der Waals surface area (Å²) in [5.41, 5.74) is 2.55. The molecule has 0 bridgehead atoms. The van der Waals surface area contributed by atoms with E-state index < -0.39 is 0 Å². The van der Waals surface area contributed by atoms with Crippen LogP contribution in [0.4, 0.5) is 11.4 Å². The molecule has 5 nitrogen and oxygen atoms in total. The fourth-order valence-corrected chi connectivity index (χ4v) is 2.58. The standard InChI is InChI=1S/C21H26N2O3/c1-15(2)26-19-11-9-18(10-12-19)23(17(4)24)14-13-21(25)22-20-8-6-5-7-16(20)3/h5-12,15H,13-14H2,1-4H3,(H,22,25). The van der Waals surface area contributed by atoms with E-state index in [1.54, 1.807) is 4.90 Å². The minimum Gasteiger partial charge on any atom is -0.491 e. The van der Waals surface area contributed by atoms with Gasteiger partial charge >= 0.3 is 0 Å². The first-order chi connectivity index (χ1) is 12.4. The van der Waals surface area contributed by atoms with Crippen molar-refractivity contribution in [2.45, 2.75) is 40.2 Å². The lowest BCUT2D eigenvalue weighted by atomic mass is 10.2. The predicted octanol–water partition coefficient (Wildman–Crippen LogP) is 4.16. The first-order valence-electron chi connectivity index (χ1n) is 8.77. The molecule has 2 amide bonds. The van der Waals surface area contributed by atoms with Crippen LogP contribution in [-0.4, -0.2) is 24.5 Å². The molecule has 2 rings (SSSR count). The van der Waals surface area contributed by atoms with Gasteiger partial charge in [-0.1, -0.05) is 18.2 Å². The molecular weight excluding hydrogens is 328 g/mol. The van der Waals surface area contributed by atoms with E-state index in [0.29, 0.717) is 6.54 Å². The van der Waals surface area contributed by atoms with E-state index in [1.807, 2.05) is 69.3 Å². The Morgan fingerprint density at radius 3 is 2.31 bits per heavy atom. The van der Waals surface area contributed by atoms with Crippen LogP contribution >= 0.6 is 0 Å². The van der Waals surface area contributed by atoms with Crippen LogP contribution in [0.1, 0.15) is 32.8 Å². The highest BCUT2D eigenvalue weighted by atomic mass is 16.5. The average molecular weight is 354 g/mol. The molecule has 0 spiro atoms. The van der Waals surface area contributed by atoms with Crippen LogP contribution in [0.3, 0.4) is 0 Å². The van der Waals surface area contributed by atoms with Gasteiger partial charge in [-0.2, -0.15) is 0 Å². The molecule has 2 aromatic rings. The molecule has 0 aliphatic heterocycles. The Labute approximate surface area is 155 Å². The molecule has 0 saturated carbocycles. The van der Waals surface area contributed by atoms with Crippen molar-refractivity contribution in [3.05, 3.63) is 54.1 Å². The number of carbonyl (C=O) groups is 2. The van der Waals surface area contributed by atoms with Crippen molar-refractivity contribution < 1.29 is 14.3 Å². The molecule has 0 fully saturated rings. The molecule has 5 heteroatoms. The number of hydrogen-bond donors (Lipinski definition) is 1. The Morgan fingerprint density at radius 1 is 1.08 bits per heavy atom. The Balaban J connectivity index is 1.98. The third kappa shape index (κ3) is 5.62. The maximum absolute atomic E-state index is 12.2. The molecule has 0 aliphatic carbocycles. The van der Waals surface area contributed by atoms with Gasteiger partial charge in [-0.3, -0.25) is 9.59 Å². The minimum absolute atomic E-state index is 0.0925. The quantitative estimate of drug-likeness (QED) is 0.812. The normalized spacial score (nSPS) is 10.5. The van der Waals surface area contributed by atoms with Crippen LogP contribution in [0.5, 0.6) is 5.75 Å². The second kappa shape index (κ2) is 9.04. The summed E-state index contributed by atoms with van der Waals surface area (Å²) >= 11 is 0. The van der Waals surface area contributed by atoms with E-state index in [-0.39, 0.29) is 24.3 Å². The number of anilines is 2. The average Bonchev–Trinajstić information content (AvgIpc) is 2.58. The Bertz CT molecular complexity index is 754. The lowest BCUT2D eigenvalue weighted by molar-refractivity contribution is -0.117. The largest absolute Gasteiger partial charge is 0.491 e. The Morgan fingerprint density at radius 2 is 1.73 bits per heavy atom. The minimum atomic E-state index is -0.120. The number of hydrogen-bond acceptors (Lipinski definition) is 3. The van der Waals surface area contributed by atoms with Crippen LogP contribution < -0.4 is 15.0 Å². The van der Waals surface area contributed by atoms with Gasteiger partial charge in [0.15, 0.2) is 0 Å². The van der Waals surface area contributed by atoms with Gasteiger partial charge in [0.2, 0.25) is 11.8 Å². The van der Waals surface area contributed by atoms with Crippen LogP contribution in [0.25, 0.3) is 0 Å². The summed E-state index contributed by atoms with van der Waals surface area (Å²) in [5, 5.41) is 2.89. The van der Waals surface area contributed by atoms with Crippen molar-refractivity contribution in [3.63, 3.8) is 0 Å². The van der Waals surface area contributed by atoms with E-state index in [2.05, 4.69) is 5.32 Å². The second-order valence-corrected chi connectivity index (χ2v) is 6.44. The summed E-state index contributed by atoms with van der Waals surface area (Å²) in [4.78, 5) is 25.8. The maximum Gasteiger partial charge on any atom is 0.226 e. The van der Waals surface area contributed by atoms with Gasteiger partial charge in [0.1, 0.15) is 5.75 Å². The van der Waals surface area contributed by atoms with Crippen molar-refractivity contribution in [2.24, 2.45) is 0 Å². The van der Waals surface area contributed by atoms with E-state index in [1.165, 1.54) is 6.92 Å². The number of aryl methyl sites for hydroxylation is 1. The molecule has 0 atom stereocenters. The molecule has 0 unspecified atom stereocenters. The molecule has 0 heterocycles. The number of carbonyl (C=O) groups excluding carboxylic acids is 2. The van der Waals surface area contributed by atoms with Crippen molar-refractivity contribution >= 4 is 23.2 Å². The number of amides is 2. The zero-order valence-electron chi connectivity index (χ0n) is 15.8. The van der Waals surface area contributed by atoms with Gasteiger partial charge in [0.25, 0.3) is 0 Å². The summed E-state index contributed by atoms with van der Waals surface area (Å²) in [6.45, 7) is 7.68. The summed E-state index contributed by atoms with van der Waals surface area (Å²) in [6, 6.07) is 14.9. The fourth-order valence-electron chi connectivity index (χ4n) is 2.58. The molecule has 0 aliphatic rings. The summed E-state index contributed by atoms with van der Waals surface area (Å²) in [7, 11) is 0. The smallest absolute Gasteiger partial charge is 0.226 e. The topological polar surface area (TPSA) is 58.6 Å². The van der Waals surface area contributed by atoms with Crippen molar-refractivity contribution in [1.29, 1.82) is 0 Å². The first kappa shape index (κ1) is 19.5. The van der Waals surface area contributed by atoms with Crippen LogP contribution in [0, 0.1) is 6.92 Å². The van der Waals surface area contributed by atoms with E-state index >= 15 is 0 Å². The van der Waals surface area contributed by atoms with Gasteiger partial charge in [-0.15, -0.1) is 0 Å². The lowest BCUT2D eigenvalue weighted by Gasteiger charge is -2.21. The van der Waals surface area contributed by atoms with E-state index in [0.717, 1.165) is 22.7 Å². The van der Waals surface area contributed by atoms with E-state index in [9.17, 15) is 9.59 Å². The number of nitrogens with zero attached hydrogens (tertiary/aromatic N) is 1. The molecule has 0 saturated heterocycles. The highest BCUT2D eigenvalue weighted by molar-refractivity contribution is 5.95. The molecule has 26 heavy (non-hydrogen) atoms. The van der Waals surface area contributed by atoms with Crippen molar-refractivity contribution in [2.75, 3.05) is 16.8 Å². The molecule has 2 aromatic carbocycles. The van der Waals surface area contributed by atoms with Crippen LogP contribution in [0.2, 0.25) is 0 Å². The van der Waals surface area contributed by atoms with Crippen molar-refractivity contribution in [3.8, 4) is 5.75 Å². The third-order valence-corrected chi connectivity index (χ3v) is 3.88. The fraction of sp³-hybridized carbons (Fsp3) is 0.333. The lowest BCUT2D eigenvalue weighted by Crippen LogP contribution is -2.32. The number of benzene rings is 2. The number of ether oxygens (including phenoxy) is 1. The number of rotatable bonds is 7. The molecule has 0 radical (unpaired) electrons. The third-order valence-electron chi connectivity index (χ3n) is 3.88. The predicted molar refractivity (Wildman–Crippen MR) is 105 cm³/mol. The van der Waals surface area contributed by atoms with Gasteiger partial charge < -0.3 is 15.0 Å². The first-order valence-corrected chi connectivity index (χ1v) is 8.77. The van der Waals surface area contributed by atoms with Crippen molar-refractivity contribution in [1.82, 2.24) is 0 Å². The Hall–Kier alpha value is -2.82. The second-order valence-electron chi connectivity index (χ2n) is 6.44. The SMILES string of the molecule is CC(=O)N(CCC(=O)Nc1ccccc1C)c1ccc(OC(C)C)cc1. The van der Waals surface area contributed by atoms with Gasteiger partial charge in [-0.05, 0) is 56.7 Å². The highest BCUT2D eigenvalue weighted by Crippen LogP contribution is 2.21. The van der Waals surface area contributed by atoms with Gasteiger partial charge in [-0.25, -0.2) is 0 Å². The zero-order valence-corrected chi connectivity index (χ0v) is 15.8. The number of para-hydroxylation sites is 1. The summed E-state index contributed by atoms with van der Waals surface area (Å²) < 4.78 is 5.62. The molecule has 138 valence electrons. The maximum atomic E-state index is 12.2. The zero-order chi connectivity index (χ0) is 19.1. The monoisotopic (exact) mass is 354 g/mol. The van der Waals surface area contributed by atoms with Gasteiger partial charge in [0.05, 0.1) is 6.10 Å². The molecule has 0 aromatic heterocycles.